The molecule has 32 heavy (non-hydrogen) atoms. The van der Waals surface area contributed by atoms with Crippen LogP contribution in [0.2, 0.25) is 5.02 Å². The Kier molecular flexibility index (Phi) is 5.71. The number of sulfonamides is 1. The fraction of sp³-hybridized carbons (Fsp3) is 0.100. The molecule has 0 unspecified atom stereocenters. The standard InChI is InChI=1S/C20H16ClF2N5O3S/c1-31-16-6-17(13(22)5-12(16)21)32(29,30)28-14-4-2-3-10(19(14)23)11-8-25-20-18(11)15(7-24)26-9-27-20/h2-6,8-9,28H,7,24H2,1H3,(H,25,26,27). The number of aromatic nitrogens is 3. The first-order valence-electron chi connectivity index (χ1n) is 9.12. The van der Waals surface area contributed by atoms with Crippen molar-refractivity contribution in [1.82, 2.24) is 15.0 Å². The summed E-state index contributed by atoms with van der Waals surface area (Å²) in [5, 5.41) is 0.414. The van der Waals surface area contributed by atoms with Gasteiger partial charge in [-0.25, -0.2) is 27.2 Å². The van der Waals surface area contributed by atoms with Crippen LogP contribution < -0.4 is 15.2 Å². The van der Waals surface area contributed by atoms with Gasteiger partial charge in [-0.15, -0.1) is 0 Å². The van der Waals surface area contributed by atoms with Crippen LogP contribution in [0.5, 0.6) is 5.75 Å². The SMILES string of the molecule is COc1cc(S(=O)(=O)Nc2cccc(-c3c[nH]c4ncnc(CN)c34)c2F)c(F)cc1Cl. The molecule has 0 aliphatic heterocycles. The lowest BCUT2D eigenvalue weighted by Crippen LogP contribution is -2.16. The lowest BCUT2D eigenvalue weighted by molar-refractivity contribution is 0.411. The largest absolute Gasteiger partial charge is 0.495 e. The quantitative estimate of drug-likeness (QED) is 0.386. The molecular formula is C20H16ClF2N5O3S. The molecule has 166 valence electrons. The molecule has 0 fully saturated rings. The van der Waals surface area contributed by atoms with E-state index in [2.05, 4.69) is 19.7 Å². The molecule has 2 aromatic heterocycles. The number of benzene rings is 2. The average molecular weight is 480 g/mol. The molecular weight excluding hydrogens is 464 g/mol. The van der Waals surface area contributed by atoms with Crippen molar-refractivity contribution in [3.63, 3.8) is 0 Å². The van der Waals surface area contributed by atoms with Gasteiger partial charge in [0.05, 0.1) is 23.5 Å². The van der Waals surface area contributed by atoms with Gasteiger partial charge < -0.3 is 15.5 Å². The number of nitrogens with one attached hydrogen (secondary N) is 2. The third-order valence-electron chi connectivity index (χ3n) is 4.77. The number of hydrogen-bond acceptors (Lipinski definition) is 6. The maximum atomic E-state index is 15.4. The second-order valence-electron chi connectivity index (χ2n) is 6.64. The fourth-order valence-corrected chi connectivity index (χ4v) is 4.65. The number of H-pyrrole nitrogens is 1. The van der Waals surface area contributed by atoms with Gasteiger partial charge in [0.25, 0.3) is 10.0 Å². The van der Waals surface area contributed by atoms with Crippen LogP contribution in [0.3, 0.4) is 0 Å². The van der Waals surface area contributed by atoms with Crippen molar-refractivity contribution in [2.24, 2.45) is 5.73 Å². The molecule has 4 N–H and O–H groups in total. The van der Waals surface area contributed by atoms with Crippen LogP contribution in [-0.4, -0.2) is 30.5 Å². The van der Waals surface area contributed by atoms with Crippen LogP contribution >= 0.6 is 11.6 Å². The van der Waals surface area contributed by atoms with Gasteiger partial charge >= 0.3 is 0 Å². The Labute approximate surface area is 186 Å². The minimum absolute atomic E-state index is 0.0456. The number of nitrogens with zero attached hydrogens (tertiary/aromatic N) is 2. The molecule has 0 atom stereocenters. The smallest absolute Gasteiger partial charge is 0.265 e. The van der Waals surface area contributed by atoms with Crippen molar-refractivity contribution < 1.29 is 21.9 Å². The number of ether oxygens (including phenoxy) is 1. The second-order valence-corrected chi connectivity index (χ2v) is 8.70. The molecule has 2 heterocycles. The monoisotopic (exact) mass is 479 g/mol. The van der Waals surface area contributed by atoms with Gasteiger partial charge in [0.1, 0.15) is 28.4 Å². The summed E-state index contributed by atoms with van der Waals surface area (Å²) in [7, 11) is -3.26. The number of aromatic amines is 1. The Morgan fingerprint density at radius 2 is 2.00 bits per heavy atom. The molecule has 0 spiro atoms. The van der Waals surface area contributed by atoms with Crippen molar-refractivity contribution in [2.45, 2.75) is 11.4 Å². The van der Waals surface area contributed by atoms with E-state index in [4.69, 9.17) is 22.1 Å². The fourth-order valence-electron chi connectivity index (χ4n) is 3.29. The van der Waals surface area contributed by atoms with Gasteiger partial charge in [-0.2, -0.15) is 0 Å². The normalized spacial score (nSPS) is 11.7. The van der Waals surface area contributed by atoms with Gasteiger partial charge in [-0.1, -0.05) is 23.7 Å². The average Bonchev–Trinajstić information content (AvgIpc) is 3.19. The summed E-state index contributed by atoms with van der Waals surface area (Å²) in [6.45, 7) is 0.0927. The van der Waals surface area contributed by atoms with E-state index >= 15 is 4.39 Å². The first kappa shape index (κ1) is 21.9. The highest BCUT2D eigenvalue weighted by atomic mass is 35.5. The van der Waals surface area contributed by atoms with Crippen LogP contribution in [0.1, 0.15) is 5.69 Å². The van der Waals surface area contributed by atoms with Crippen molar-refractivity contribution >= 4 is 38.3 Å². The van der Waals surface area contributed by atoms with Crippen molar-refractivity contribution in [3.05, 3.63) is 65.2 Å². The highest BCUT2D eigenvalue weighted by Crippen LogP contribution is 2.35. The Hall–Kier alpha value is -3.28. The van der Waals surface area contributed by atoms with E-state index in [1.54, 1.807) is 0 Å². The summed E-state index contributed by atoms with van der Waals surface area (Å²) in [6.07, 6.45) is 2.86. The molecule has 2 aromatic carbocycles. The number of rotatable bonds is 6. The summed E-state index contributed by atoms with van der Waals surface area (Å²) >= 11 is 5.83. The van der Waals surface area contributed by atoms with Crippen LogP contribution in [0.4, 0.5) is 14.5 Å². The van der Waals surface area contributed by atoms with E-state index in [1.807, 2.05) is 0 Å². The molecule has 12 heteroatoms. The molecule has 0 saturated heterocycles. The van der Waals surface area contributed by atoms with Crippen LogP contribution in [0, 0.1) is 11.6 Å². The molecule has 4 aromatic rings. The Morgan fingerprint density at radius 1 is 1.22 bits per heavy atom. The molecule has 0 aliphatic carbocycles. The van der Waals surface area contributed by atoms with Crippen LogP contribution in [0.15, 0.2) is 47.8 Å². The van der Waals surface area contributed by atoms with E-state index in [-0.39, 0.29) is 28.6 Å². The van der Waals surface area contributed by atoms with Gasteiger partial charge in [-0.3, -0.25) is 4.72 Å². The summed E-state index contributed by atoms with van der Waals surface area (Å²) in [4.78, 5) is 10.4. The molecule has 0 saturated carbocycles. The van der Waals surface area contributed by atoms with Crippen LogP contribution in [-0.2, 0) is 16.6 Å². The first-order chi connectivity index (χ1) is 15.3. The minimum atomic E-state index is -4.51. The summed E-state index contributed by atoms with van der Waals surface area (Å²) < 4.78 is 62.4. The highest BCUT2D eigenvalue weighted by molar-refractivity contribution is 7.92. The van der Waals surface area contributed by atoms with E-state index in [9.17, 15) is 12.8 Å². The van der Waals surface area contributed by atoms with E-state index in [0.29, 0.717) is 22.3 Å². The Balaban J connectivity index is 1.80. The van der Waals surface area contributed by atoms with Crippen molar-refractivity contribution in [2.75, 3.05) is 11.8 Å². The van der Waals surface area contributed by atoms with E-state index in [1.165, 1.54) is 37.8 Å². The minimum Gasteiger partial charge on any atom is -0.495 e. The van der Waals surface area contributed by atoms with Gasteiger partial charge in [0.15, 0.2) is 5.82 Å². The third-order valence-corrected chi connectivity index (χ3v) is 6.45. The maximum absolute atomic E-state index is 15.4. The number of anilines is 1. The number of methoxy groups -OCH3 is 1. The molecule has 8 nitrogen and oxygen atoms in total. The van der Waals surface area contributed by atoms with E-state index < -0.39 is 26.6 Å². The first-order valence-corrected chi connectivity index (χ1v) is 11.0. The molecule has 4 rings (SSSR count). The zero-order valence-corrected chi connectivity index (χ0v) is 18.1. The van der Waals surface area contributed by atoms with Gasteiger partial charge in [-0.05, 0) is 12.1 Å². The predicted octanol–water partition coefficient (Wildman–Crippen LogP) is 3.82. The highest BCUT2D eigenvalue weighted by Gasteiger charge is 2.25. The molecule has 0 aliphatic rings. The lowest BCUT2D eigenvalue weighted by atomic mass is 10.0. The predicted molar refractivity (Wildman–Crippen MR) is 116 cm³/mol. The lowest BCUT2D eigenvalue weighted by Gasteiger charge is -2.13. The summed E-state index contributed by atoms with van der Waals surface area (Å²) in [5.41, 5.74) is 6.79. The zero-order chi connectivity index (χ0) is 23.0. The zero-order valence-electron chi connectivity index (χ0n) is 16.5. The number of fused-ring (bicyclic) bond motifs is 1. The maximum Gasteiger partial charge on any atom is 0.265 e. The number of nitrogens with two attached hydrogens (primary N) is 1. The number of hydrogen-bond donors (Lipinski definition) is 3. The van der Waals surface area contributed by atoms with Gasteiger partial charge in [0.2, 0.25) is 0 Å². The van der Waals surface area contributed by atoms with Crippen LogP contribution in [0.25, 0.3) is 22.2 Å². The summed E-state index contributed by atoms with van der Waals surface area (Å²) in [5.74, 6) is -2.03. The number of halogens is 3. The Bertz CT molecular complexity index is 1440. The molecule has 0 bridgehead atoms. The third kappa shape index (κ3) is 3.74. The summed E-state index contributed by atoms with van der Waals surface area (Å²) in [6, 6.07) is 5.87. The van der Waals surface area contributed by atoms with Crippen molar-refractivity contribution in [3.8, 4) is 16.9 Å². The van der Waals surface area contributed by atoms with Gasteiger partial charge in [0, 0.05) is 35.3 Å². The van der Waals surface area contributed by atoms with E-state index in [0.717, 1.165) is 12.1 Å². The topological polar surface area (TPSA) is 123 Å². The Morgan fingerprint density at radius 3 is 2.72 bits per heavy atom. The molecule has 0 radical (unpaired) electrons. The molecule has 0 amide bonds. The van der Waals surface area contributed by atoms with Crippen molar-refractivity contribution in [1.29, 1.82) is 0 Å². The second kappa shape index (κ2) is 8.34.